The Labute approximate surface area is 71.1 Å². The Balaban J connectivity index is 2.29. The Hall–Kier alpha value is -1.32. The highest BCUT2D eigenvalue weighted by Gasteiger charge is 2.01. The third-order valence-electron chi connectivity index (χ3n) is 1.63. The van der Waals surface area contributed by atoms with Gasteiger partial charge in [-0.05, 0) is 6.42 Å². The van der Waals surface area contributed by atoms with Crippen molar-refractivity contribution in [3.8, 4) is 0 Å². The summed E-state index contributed by atoms with van der Waals surface area (Å²) in [6.45, 7) is 0.771. The fourth-order valence-electron chi connectivity index (χ4n) is 1.05. The molecule has 0 saturated heterocycles. The monoisotopic (exact) mass is 169 g/mol. The zero-order valence-corrected chi connectivity index (χ0v) is 7.10. The molecule has 0 atom stereocenters. The maximum Gasteiger partial charge on any atom is 0.303 e. The number of imidazole rings is 1. The first-order valence-corrected chi connectivity index (χ1v) is 3.91. The van der Waals surface area contributed by atoms with Gasteiger partial charge in [0.25, 0.3) is 0 Å². The van der Waals surface area contributed by atoms with Crippen LogP contribution in [0.15, 0.2) is 18.7 Å². The van der Waals surface area contributed by atoms with Crippen molar-refractivity contribution in [2.75, 3.05) is 0 Å². The van der Waals surface area contributed by atoms with E-state index >= 15 is 0 Å². The number of aromatic nitrogens is 2. The summed E-state index contributed by atoms with van der Waals surface area (Å²) in [5.41, 5.74) is 0. The molecular formula is C8H13N2O2+. The number of carbonyl (C=O) groups is 1. The van der Waals surface area contributed by atoms with E-state index in [-0.39, 0.29) is 6.42 Å². The minimum absolute atomic E-state index is 0.238. The smallest absolute Gasteiger partial charge is 0.303 e. The lowest BCUT2D eigenvalue weighted by Gasteiger charge is -1.92. The number of rotatable bonds is 4. The topological polar surface area (TPSA) is 46.1 Å². The quantitative estimate of drug-likeness (QED) is 0.653. The van der Waals surface area contributed by atoms with E-state index in [0.717, 1.165) is 6.54 Å². The Bertz CT molecular complexity index is 268. The van der Waals surface area contributed by atoms with Crippen molar-refractivity contribution in [1.29, 1.82) is 0 Å². The highest BCUT2D eigenvalue weighted by Crippen LogP contribution is 1.93. The SMILES string of the molecule is C[n+]1ccn(CCCC(=O)O)c1. The first-order chi connectivity index (χ1) is 5.68. The van der Waals surface area contributed by atoms with E-state index in [1.54, 1.807) is 0 Å². The molecule has 0 amide bonds. The Morgan fingerprint density at radius 2 is 2.42 bits per heavy atom. The van der Waals surface area contributed by atoms with Gasteiger partial charge < -0.3 is 5.11 Å². The maximum absolute atomic E-state index is 10.2. The first kappa shape index (κ1) is 8.77. The van der Waals surface area contributed by atoms with Crippen LogP contribution >= 0.6 is 0 Å². The van der Waals surface area contributed by atoms with Crippen molar-refractivity contribution in [2.45, 2.75) is 19.4 Å². The van der Waals surface area contributed by atoms with E-state index in [9.17, 15) is 4.79 Å². The molecule has 0 radical (unpaired) electrons. The summed E-state index contributed by atoms with van der Waals surface area (Å²) in [5.74, 6) is -0.730. The van der Waals surface area contributed by atoms with Gasteiger partial charge in [0, 0.05) is 6.42 Å². The molecule has 12 heavy (non-hydrogen) atoms. The molecule has 1 aromatic heterocycles. The molecule has 0 unspecified atom stereocenters. The predicted octanol–water partition coefficient (Wildman–Crippen LogP) is 0.177. The lowest BCUT2D eigenvalue weighted by Crippen LogP contribution is -2.23. The normalized spacial score (nSPS) is 10.1. The van der Waals surface area contributed by atoms with Gasteiger partial charge in [-0.1, -0.05) is 0 Å². The predicted molar refractivity (Wildman–Crippen MR) is 42.5 cm³/mol. The summed E-state index contributed by atoms with van der Waals surface area (Å²) < 4.78 is 3.91. The highest BCUT2D eigenvalue weighted by atomic mass is 16.4. The van der Waals surface area contributed by atoms with Gasteiger partial charge in [-0.3, -0.25) is 4.79 Å². The van der Waals surface area contributed by atoms with Crippen LogP contribution in [0.4, 0.5) is 0 Å². The van der Waals surface area contributed by atoms with E-state index in [4.69, 9.17) is 5.11 Å². The number of nitrogens with zero attached hydrogens (tertiary/aromatic N) is 2. The molecule has 0 aliphatic heterocycles. The summed E-state index contributed by atoms with van der Waals surface area (Å²) >= 11 is 0. The van der Waals surface area contributed by atoms with Crippen LogP contribution in [0.5, 0.6) is 0 Å². The van der Waals surface area contributed by atoms with E-state index in [1.165, 1.54) is 0 Å². The molecule has 0 fully saturated rings. The van der Waals surface area contributed by atoms with Gasteiger partial charge in [0.15, 0.2) is 0 Å². The first-order valence-electron chi connectivity index (χ1n) is 3.91. The number of carboxylic acid groups (broad SMARTS) is 1. The molecule has 0 aliphatic carbocycles. The molecule has 4 nitrogen and oxygen atoms in total. The highest BCUT2D eigenvalue weighted by molar-refractivity contribution is 5.66. The van der Waals surface area contributed by atoms with Gasteiger partial charge in [-0.2, -0.15) is 0 Å². The second-order valence-corrected chi connectivity index (χ2v) is 2.81. The van der Waals surface area contributed by atoms with Crippen LogP contribution in [0.3, 0.4) is 0 Å². The van der Waals surface area contributed by atoms with E-state index < -0.39 is 5.97 Å². The molecule has 66 valence electrons. The Morgan fingerprint density at radius 1 is 1.67 bits per heavy atom. The summed E-state index contributed by atoms with van der Waals surface area (Å²) in [6, 6.07) is 0. The fraction of sp³-hybridized carbons (Fsp3) is 0.500. The molecule has 1 N–H and O–H groups in total. The van der Waals surface area contributed by atoms with Crippen LogP contribution in [0, 0.1) is 0 Å². The van der Waals surface area contributed by atoms with Gasteiger partial charge >= 0.3 is 5.97 Å². The zero-order valence-electron chi connectivity index (χ0n) is 7.10. The lowest BCUT2D eigenvalue weighted by atomic mass is 10.3. The van der Waals surface area contributed by atoms with Crippen LogP contribution in [0.25, 0.3) is 0 Å². The number of carboxylic acids is 1. The van der Waals surface area contributed by atoms with Gasteiger partial charge in [0.1, 0.15) is 12.4 Å². The minimum atomic E-state index is -0.730. The second-order valence-electron chi connectivity index (χ2n) is 2.81. The molecule has 0 bridgehead atoms. The Kier molecular flexibility index (Phi) is 2.85. The van der Waals surface area contributed by atoms with Crippen LogP contribution in [-0.4, -0.2) is 15.6 Å². The molecule has 1 heterocycles. The van der Waals surface area contributed by atoms with Crippen LogP contribution in [0.2, 0.25) is 0 Å². The van der Waals surface area contributed by atoms with Crippen molar-refractivity contribution in [3.05, 3.63) is 18.7 Å². The average molecular weight is 169 g/mol. The van der Waals surface area contributed by atoms with Gasteiger partial charge in [-0.25, -0.2) is 9.13 Å². The van der Waals surface area contributed by atoms with Gasteiger partial charge in [0.2, 0.25) is 6.33 Å². The molecule has 0 aliphatic rings. The van der Waals surface area contributed by atoms with Crippen molar-refractivity contribution in [3.63, 3.8) is 0 Å². The van der Waals surface area contributed by atoms with Gasteiger partial charge in [0.05, 0.1) is 13.6 Å². The van der Waals surface area contributed by atoms with Crippen molar-refractivity contribution < 1.29 is 14.5 Å². The summed E-state index contributed by atoms with van der Waals surface area (Å²) in [7, 11) is 1.94. The summed E-state index contributed by atoms with van der Waals surface area (Å²) in [4.78, 5) is 10.2. The third kappa shape index (κ3) is 2.74. The molecular weight excluding hydrogens is 156 g/mol. The van der Waals surface area contributed by atoms with Crippen LogP contribution in [-0.2, 0) is 18.4 Å². The third-order valence-corrected chi connectivity index (χ3v) is 1.63. The van der Waals surface area contributed by atoms with Crippen molar-refractivity contribution in [1.82, 2.24) is 4.57 Å². The van der Waals surface area contributed by atoms with Gasteiger partial charge in [-0.15, -0.1) is 0 Å². The van der Waals surface area contributed by atoms with E-state index in [0.29, 0.717) is 6.42 Å². The Morgan fingerprint density at radius 3 is 2.92 bits per heavy atom. The maximum atomic E-state index is 10.2. The van der Waals surface area contributed by atoms with Crippen molar-refractivity contribution >= 4 is 5.97 Å². The van der Waals surface area contributed by atoms with Crippen LogP contribution in [0.1, 0.15) is 12.8 Å². The molecule has 0 spiro atoms. The van der Waals surface area contributed by atoms with Crippen LogP contribution < -0.4 is 4.57 Å². The lowest BCUT2D eigenvalue weighted by molar-refractivity contribution is -0.671. The zero-order chi connectivity index (χ0) is 8.97. The summed E-state index contributed by atoms with van der Waals surface area (Å²) in [5, 5.41) is 8.38. The summed E-state index contributed by atoms with van der Waals surface area (Å²) in [6.07, 6.45) is 6.72. The number of hydrogen-bond acceptors (Lipinski definition) is 1. The van der Waals surface area contributed by atoms with E-state index in [2.05, 4.69) is 0 Å². The number of hydrogen-bond donors (Lipinski definition) is 1. The van der Waals surface area contributed by atoms with E-state index in [1.807, 2.05) is 34.9 Å². The minimum Gasteiger partial charge on any atom is -0.481 e. The molecule has 0 aromatic carbocycles. The second kappa shape index (κ2) is 3.90. The molecule has 1 rings (SSSR count). The number of aryl methyl sites for hydroxylation is 2. The molecule has 0 saturated carbocycles. The van der Waals surface area contributed by atoms with Crippen molar-refractivity contribution in [2.24, 2.45) is 7.05 Å². The average Bonchev–Trinajstić information content (AvgIpc) is 2.35. The molecule has 4 heteroatoms. The standard InChI is InChI=1S/C8H12N2O2/c1-9-5-6-10(7-9)4-2-3-8(11)12/h5-7H,2-4H2,1H3/p+1. The largest absolute Gasteiger partial charge is 0.481 e. The fourth-order valence-corrected chi connectivity index (χ4v) is 1.05. The number of aliphatic carboxylic acids is 1. The molecule has 1 aromatic rings.